The zero-order valence-electron chi connectivity index (χ0n) is 14.6. The molecule has 1 saturated heterocycles. The molecule has 1 heterocycles. The van der Waals surface area contributed by atoms with Crippen LogP contribution in [0.5, 0.6) is 0 Å². The number of benzene rings is 2. The zero-order chi connectivity index (χ0) is 19.2. The van der Waals surface area contributed by atoms with Gasteiger partial charge in [-0.15, -0.1) is 0 Å². The summed E-state index contributed by atoms with van der Waals surface area (Å²) in [5.74, 6) is 0.00397. The quantitative estimate of drug-likeness (QED) is 0.740. The number of anilines is 1. The van der Waals surface area contributed by atoms with Gasteiger partial charge < -0.3 is 5.32 Å². The SMILES string of the molecule is O=C(CCCc1ccc(Cl)cc1)Nc1ccc(CN2C(=O)CSC2=O)cc1. The highest BCUT2D eigenvalue weighted by Gasteiger charge is 2.29. The number of imide groups is 1. The van der Waals surface area contributed by atoms with Gasteiger partial charge in [0.2, 0.25) is 11.8 Å². The molecule has 27 heavy (non-hydrogen) atoms. The second-order valence-corrected chi connectivity index (χ2v) is 7.62. The lowest BCUT2D eigenvalue weighted by molar-refractivity contribution is -0.125. The predicted octanol–water partition coefficient (Wildman–Crippen LogP) is 4.50. The molecule has 0 saturated carbocycles. The van der Waals surface area contributed by atoms with Crippen LogP contribution >= 0.6 is 23.4 Å². The van der Waals surface area contributed by atoms with E-state index >= 15 is 0 Å². The average molecular weight is 403 g/mol. The Kier molecular flexibility index (Phi) is 6.53. The number of nitrogens with one attached hydrogen (secondary N) is 1. The van der Waals surface area contributed by atoms with Gasteiger partial charge in [0.15, 0.2) is 0 Å². The van der Waals surface area contributed by atoms with E-state index in [4.69, 9.17) is 11.6 Å². The number of halogens is 1. The van der Waals surface area contributed by atoms with Crippen molar-refractivity contribution in [2.24, 2.45) is 0 Å². The van der Waals surface area contributed by atoms with Crippen LogP contribution in [0.15, 0.2) is 48.5 Å². The van der Waals surface area contributed by atoms with Gasteiger partial charge in [0.25, 0.3) is 5.24 Å². The van der Waals surface area contributed by atoms with E-state index in [1.54, 1.807) is 12.1 Å². The fourth-order valence-corrected chi connectivity index (χ4v) is 3.59. The minimum absolute atomic E-state index is 0.0435. The van der Waals surface area contributed by atoms with E-state index in [0.29, 0.717) is 17.1 Å². The molecule has 140 valence electrons. The third-order valence-corrected chi connectivity index (χ3v) is 5.31. The number of nitrogens with zero attached hydrogens (tertiary/aromatic N) is 1. The van der Waals surface area contributed by atoms with Crippen molar-refractivity contribution >= 4 is 46.1 Å². The first kappa shape index (κ1) is 19.5. The molecule has 0 radical (unpaired) electrons. The number of rotatable bonds is 7. The lowest BCUT2D eigenvalue weighted by atomic mass is 10.1. The van der Waals surface area contributed by atoms with Crippen LogP contribution in [0.4, 0.5) is 10.5 Å². The van der Waals surface area contributed by atoms with Crippen molar-refractivity contribution in [3.63, 3.8) is 0 Å². The number of thioether (sulfide) groups is 1. The molecule has 7 heteroatoms. The van der Waals surface area contributed by atoms with Crippen molar-refractivity contribution in [1.29, 1.82) is 0 Å². The van der Waals surface area contributed by atoms with Gasteiger partial charge in [0, 0.05) is 17.1 Å². The van der Waals surface area contributed by atoms with Crippen molar-refractivity contribution < 1.29 is 14.4 Å². The van der Waals surface area contributed by atoms with Gasteiger partial charge in [-0.3, -0.25) is 19.3 Å². The lowest BCUT2D eigenvalue weighted by Crippen LogP contribution is -2.27. The molecule has 0 aromatic heterocycles. The molecule has 3 amide bonds. The fraction of sp³-hybridized carbons (Fsp3) is 0.250. The van der Waals surface area contributed by atoms with E-state index in [1.165, 1.54) is 4.90 Å². The van der Waals surface area contributed by atoms with Gasteiger partial charge in [0.05, 0.1) is 12.3 Å². The first-order chi connectivity index (χ1) is 13.0. The fourth-order valence-electron chi connectivity index (χ4n) is 2.74. The standard InChI is InChI=1S/C20H19ClN2O3S/c21-16-8-4-14(5-9-16)2-1-3-18(24)22-17-10-6-15(7-11-17)12-23-19(25)13-27-20(23)26/h4-11H,1-3,12-13H2,(H,22,24). The van der Waals surface area contributed by atoms with Gasteiger partial charge in [-0.1, -0.05) is 47.6 Å². The number of amides is 3. The minimum Gasteiger partial charge on any atom is -0.326 e. The molecule has 3 rings (SSSR count). The Morgan fingerprint density at radius 3 is 2.33 bits per heavy atom. The zero-order valence-corrected chi connectivity index (χ0v) is 16.2. The molecule has 1 aliphatic heterocycles. The van der Waals surface area contributed by atoms with Crippen LogP contribution in [0.25, 0.3) is 0 Å². The van der Waals surface area contributed by atoms with Crippen LogP contribution in [0, 0.1) is 0 Å². The topological polar surface area (TPSA) is 66.5 Å². The first-order valence-electron chi connectivity index (χ1n) is 8.61. The molecule has 0 unspecified atom stereocenters. The summed E-state index contributed by atoms with van der Waals surface area (Å²) in [6.45, 7) is 0.264. The lowest BCUT2D eigenvalue weighted by Gasteiger charge is -2.13. The summed E-state index contributed by atoms with van der Waals surface area (Å²) in [4.78, 5) is 36.6. The van der Waals surface area contributed by atoms with Gasteiger partial charge in [0.1, 0.15) is 0 Å². The molecule has 0 bridgehead atoms. The highest BCUT2D eigenvalue weighted by atomic mass is 35.5. The molecule has 2 aromatic rings. The Balaban J connectivity index is 1.44. The molecule has 1 fully saturated rings. The maximum absolute atomic E-state index is 12.1. The molecule has 2 aromatic carbocycles. The minimum atomic E-state index is -0.210. The number of carbonyl (C=O) groups is 3. The normalized spacial score (nSPS) is 13.9. The first-order valence-corrected chi connectivity index (χ1v) is 9.98. The number of hydrogen-bond acceptors (Lipinski definition) is 4. The summed E-state index contributed by atoms with van der Waals surface area (Å²) >= 11 is 6.88. The molecule has 5 nitrogen and oxygen atoms in total. The van der Waals surface area contributed by atoms with Crippen molar-refractivity contribution in [3.05, 3.63) is 64.7 Å². The molecule has 0 spiro atoms. The van der Waals surface area contributed by atoms with Gasteiger partial charge in [-0.25, -0.2) is 0 Å². The van der Waals surface area contributed by atoms with E-state index in [1.807, 2.05) is 36.4 Å². The third-order valence-electron chi connectivity index (χ3n) is 4.20. The summed E-state index contributed by atoms with van der Waals surface area (Å²) < 4.78 is 0. The highest BCUT2D eigenvalue weighted by molar-refractivity contribution is 8.14. The van der Waals surface area contributed by atoms with E-state index in [-0.39, 0.29) is 29.4 Å². The van der Waals surface area contributed by atoms with Gasteiger partial charge >= 0.3 is 0 Å². The Hall–Kier alpha value is -2.31. The van der Waals surface area contributed by atoms with Crippen LogP contribution in [0.1, 0.15) is 24.0 Å². The van der Waals surface area contributed by atoms with E-state index in [2.05, 4.69) is 5.32 Å². The predicted molar refractivity (Wildman–Crippen MR) is 108 cm³/mol. The Labute approximate surface area is 167 Å². The molecular formula is C20H19ClN2O3S. The van der Waals surface area contributed by atoms with Crippen LogP contribution < -0.4 is 5.32 Å². The number of aryl methyl sites for hydroxylation is 1. The Morgan fingerprint density at radius 2 is 1.70 bits per heavy atom. The summed E-state index contributed by atoms with van der Waals surface area (Å²) in [5.41, 5.74) is 2.70. The van der Waals surface area contributed by atoms with Crippen LogP contribution in [0.2, 0.25) is 5.02 Å². The smallest absolute Gasteiger partial charge is 0.289 e. The summed E-state index contributed by atoms with van der Waals surface area (Å²) in [5, 5.41) is 3.36. The van der Waals surface area contributed by atoms with Crippen molar-refractivity contribution in [2.75, 3.05) is 11.1 Å². The van der Waals surface area contributed by atoms with Crippen molar-refractivity contribution in [2.45, 2.75) is 25.8 Å². The van der Waals surface area contributed by atoms with E-state index < -0.39 is 0 Å². The van der Waals surface area contributed by atoms with Gasteiger partial charge in [-0.05, 0) is 48.2 Å². The van der Waals surface area contributed by atoms with Crippen molar-refractivity contribution in [1.82, 2.24) is 4.90 Å². The van der Waals surface area contributed by atoms with Crippen LogP contribution in [0.3, 0.4) is 0 Å². The number of hydrogen-bond donors (Lipinski definition) is 1. The van der Waals surface area contributed by atoms with Crippen molar-refractivity contribution in [3.8, 4) is 0 Å². The monoisotopic (exact) mass is 402 g/mol. The van der Waals surface area contributed by atoms with E-state index in [0.717, 1.165) is 35.7 Å². The summed E-state index contributed by atoms with van der Waals surface area (Å²) in [6, 6.07) is 14.8. The number of carbonyl (C=O) groups excluding carboxylic acids is 3. The van der Waals surface area contributed by atoms with Crippen LogP contribution in [-0.2, 0) is 22.6 Å². The Morgan fingerprint density at radius 1 is 1.04 bits per heavy atom. The molecule has 1 N–H and O–H groups in total. The van der Waals surface area contributed by atoms with E-state index in [9.17, 15) is 14.4 Å². The largest absolute Gasteiger partial charge is 0.326 e. The maximum atomic E-state index is 12.1. The molecular weight excluding hydrogens is 384 g/mol. The van der Waals surface area contributed by atoms with Crippen LogP contribution in [-0.4, -0.2) is 27.7 Å². The molecule has 0 atom stereocenters. The second-order valence-electron chi connectivity index (χ2n) is 6.26. The summed E-state index contributed by atoms with van der Waals surface area (Å²) in [7, 11) is 0. The van der Waals surface area contributed by atoms with Gasteiger partial charge in [-0.2, -0.15) is 0 Å². The average Bonchev–Trinajstić information content (AvgIpc) is 2.97. The molecule has 0 aliphatic carbocycles. The third kappa shape index (κ3) is 5.58. The maximum Gasteiger partial charge on any atom is 0.289 e. The Bertz CT molecular complexity index is 821. The second kappa shape index (κ2) is 9.06. The highest BCUT2D eigenvalue weighted by Crippen LogP contribution is 2.22. The molecule has 1 aliphatic rings. The summed E-state index contributed by atoms with van der Waals surface area (Å²) in [6.07, 6.45) is 2.00.